The molecule has 0 amide bonds. The number of fused-ring (bicyclic) bond motifs is 2. The predicted octanol–water partition coefficient (Wildman–Crippen LogP) is 9.94. The van der Waals surface area contributed by atoms with Crippen molar-refractivity contribution in [2.45, 2.75) is 0 Å². The highest BCUT2D eigenvalue weighted by Crippen LogP contribution is 2.36. The smallest absolute Gasteiger partial charge is 0.165 e. The first-order valence-electron chi connectivity index (χ1n) is 15.2. The second-order valence-electron chi connectivity index (χ2n) is 10.8. The number of aromatic nitrogens is 6. The zero-order chi connectivity index (χ0) is 35.5. The van der Waals surface area contributed by atoms with E-state index >= 15 is 0 Å². The van der Waals surface area contributed by atoms with Gasteiger partial charge in [-0.15, -0.1) is 11.3 Å². The molecular weight excluding hydrogens is 717 g/mol. The topological polar surface area (TPSA) is 103 Å². The lowest BCUT2D eigenvalue weighted by Gasteiger charge is -2.10. The van der Waals surface area contributed by atoms with Gasteiger partial charge in [0.25, 0.3) is 0 Å². The Balaban J connectivity index is 0.000000162. The molecule has 5 heterocycles. The van der Waals surface area contributed by atoms with Crippen LogP contribution in [0.15, 0.2) is 109 Å². The number of rotatable bonds is 8. The maximum Gasteiger partial charge on any atom is 0.165 e. The first kappa shape index (κ1) is 33.7. The van der Waals surface area contributed by atoms with E-state index in [2.05, 4.69) is 30.8 Å². The third kappa shape index (κ3) is 7.26. The summed E-state index contributed by atoms with van der Waals surface area (Å²) in [6, 6.07) is 22.0. The first-order chi connectivity index (χ1) is 24.8. The molecule has 0 saturated heterocycles. The molecule has 0 saturated carbocycles. The first-order valence-corrected chi connectivity index (χ1v) is 16.8. The van der Waals surface area contributed by atoms with Gasteiger partial charge in [0.1, 0.15) is 34.8 Å². The molecule has 256 valence electrons. The summed E-state index contributed by atoms with van der Waals surface area (Å²) in [4.78, 5) is 10.3. The lowest BCUT2D eigenvalue weighted by molar-refractivity contribution is 0.395. The molecule has 15 heteroatoms. The van der Waals surface area contributed by atoms with Gasteiger partial charge in [-0.2, -0.15) is 10.2 Å². The highest BCUT2D eigenvalue weighted by molar-refractivity contribution is 7.13. The van der Waals surface area contributed by atoms with Gasteiger partial charge in [0, 0.05) is 40.3 Å². The molecule has 8 aromatic rings. The standard InChI is InChI=1S/C20H16ClFN4O2.C16H10ClFN4S/c1-27-13-4-5-14(18(10-13)28-2)15-11-23-26-8-7-19(25-20(15)26)24-12-3-6-17(22)16(21)9-12;17-12-8-10(3-4-13(12)18)20-15-5-6-22-16(21-15)11(9-19-22)14-2-1-7-23-14/h3-11H,1-2H3,(H,24,25);1-9H,(H,20,21). The second kappa shape index (κ2) is 14.6. The lowest BCUT2D eigenvalue weighted by Crippen LogP contribution is -1.98. The van der Waals surface area contributed by atoms with Gasteiger partial charge in [-0.3, -0.25) is 0 Å². The summed E-state index contributed by atoms with van der Waals surface area (Å²) in [5.74, 6) is 1.64. The molecule has 8 rings (SSSR count). The molecule has 0 aliphatic heterocycles. The maximum absolute atomic E-state index is 13.4. The summed E-state index contributed by atoms with van der Waals surface area (Å²) in [6.07, 6.45) is 7.14. The van der Waals surface area contributed by atoms with Crippen LogP contribution < -0.4 is 20.1 Å². The number of thiophene rings is 1. The van der Waals surface area contributed by atoms with E-state index in [-0.39, 0.29) is 10.0 Å². The molecule has 0 aliphatic rings. The van der Waals surface area contributed by atoms with Gasteiger partial charge in [-0.1, -0.05) is 29.3 Å². The quantitative estimate of drug-likeness (QED) is 0.159. The normalized spacial score (nSPS) is 10.9. The molecule has 2 N–H and O–H groups in total. The van der Waals surface area contributed by atoms with Crippen LogP contribution in [0.4, 0.5) is 31.8 Å². The number of hydrogen-bond donors (Lipinski definition) is 2. The van der Waals surface area contributed by atoms with Gasteiger partial charge in [-0.25, -0.2) is 27.8 Å². The number of ether oxygens (including phenoxy) is 2. The number of halogens is 4. The third-order valence-electron chi connectivity index (χ3n) is 7.61. The summed E-state index contributed by atoms with van der Waals surface area (Å²) in [5, 5.41) is 17.0. The fourth-order valence-corrected chi connectivity index (χ4v) is 6.23. The Labute approximate surface area is 303 Å². The van der Waals surface area contributed by atoms with Gasteiger partial charge in [-0.05, 0) is 72.1 Å². The van der Waals surface area contributed by atoms with Crippen molar-refractivity contribution in [1.29, 1.82) is 0 Å². The summed E-state index contributed by atoms with van der Waals surface area (Å²) >= 11 is 13.3. The summed E-state index contributed by atoms with van der Waals surface area (Å²) in [5.41, 5.74) is 5.32. The minimum atomic E-state index is -0.472. The molecule has 3 aromatic carbocycles. The van der Waals surface area contributed by atoms with E-state index in [4.69, 9.17) is 32.7 Å². The minimum Gasteiger partial charge on any atom is -0.497 e. The average molecular weight is 744 g/mol. The Morgan fingerprint density at radius 3 is 1.78 bits per heavy atom. The molecular formula is C36H26Cl2F2N8O2S. The molecule has 0 bridgehead atoms. The molecule has 0 aliphatic carbocycles. The molecule has 10 nitrogen and oxygen atoms in total. The third-order valence-corrected chi connectivity index (χ3v) is 9.09. The Bertz CT molecular complexity index is 2490. The van der Waals surface area contributed by atoms with Crippen LogP contribution in [0.25, 0.3) is 32.9 Å². The average Bonchev–Trinajstić information content (AvgIpc) is 3.92. The van der Waals surface area contributed by atoms with Gasteiger partial charge >= 0.3 is 0 Å². The number of anilines is 4. The van der Waals surface area contributed by atoms with E-state index in [1.165, 1.54) is 24.3 Å². The van der Waals surface area contributed by atoms with E-state index in [0.717, 1.165) is 27.2 Å². The monoisotopic (exact) mass is 742 g/mol. The predicted molar refractivity (Wildman–Crippen MR) is 197 cm³/mol. The van der Waals surface area contributed by atoms with Crippen LogP contribution in [0.5, 0.6) is 11.5 Å². The summed E-state index contributed by atoms with van der Waals surface area (Å²) in [7, 11) is 3.20. The van der Waals surface area contributed by atoms with Crippen molar-refractivity contribution in [3.8, 4) is 33.1 Å². The molecule has 0 unspecified atom stereocenters. The van der Waals surface area contributed by atoms with Crippen molar-refractivity contribution in [2.75, 3.05) is 24.9 Å². The molecule has 0 radical (unpaired) electrons. The number of hydrogen-bond acceptors (Lipinski definition) is 9. The second-order valence-corrected chi connectivity index (χ2v) is 12.6. The summed E-state index contributed by atoms with van der Waals surface area (Å²) < 4.78 is 40.7. The Kier molecular flexibility index (Phi) is 9.66. The van der Waals surface area contributed by atoms with Crippen LogP contribution in [-0.2, 0) is 0 Å². The summed E-state index contributed by atoms with van der Waals surface area (Å²) in [6.45, 7) is 0. The van der Waals surface area contributed by atoms with Crippen molar-refractivity contribution >= 4 is 68.8 Å². The zero-order valence-corrected chi connectivity index (χ0v) is 29.1. The SMILES string of the molecule is COc1ccc(-c2cnn3ccc(Nc4ccc(F)c(Cl)c4)nc23)c(OC)c1.Fc1ccc(Nc2ccn3ncc(-c4cccs4)c3n2)cc1Cl. The van der Waals surface area contributed by atoms with Crippen molar-refractivity contribution in [1.82, 2.24) is 29.2 Å². The molecule has 0 fully saturated rings. The molecule has 51 heavy (non-hydrogen) atoms. The van der Waals surface area contributed by atoms with E-state index in [0.29, 0.717) is 40.2 Å². The molecule has 0 atom stereocenters. The van der Waals surface area contributed by atoms with Crippen LogP contribution in [0, 0.1) is 11.6 Å². The Hall–Kier alpha value is -5.76. The van der Waals surface area contributed by atoms with Crippen LogP contribution in [0.1, 0.15) is 0 Å². The van der Waals surface area contributed by atoms with E-state index in [1.807, 2.05) is 35.8 Å². The van der Waals surface area contributed by atoms with Crippen LogP contribution >= 0.6 is 34.5 Å². The van der Waals surface area contributed by atoms with E-state index < -0.39 is 11.6 Å². The van der Waals surface area contributed by atoms with Crippen molar-refractivity contribution in [2.24, 2.45) is 0 Å². The van der Waals surface area contributed by atoms with Crippen molar-refractivity contribution in [3.63, 3.8) is 0 Å². The maximum atomic E-state index is 13.4. The number of benzene rings is 3. The van der Waals surface area contributed by atoms with Crippen molar-refractivity contribution < 1.29 is 18.3 Å². The van der Waals surface area contributed by atoms with Gasteiger partial charge in [0.2, 0.25) is 0 Å². The minimum absolute atomic E-state index is 0.0408. The number of methoxy groups -OCH3 is 2. The van der Waals surface area contributed by atoms with Crippen molar-refractivity contribution in [3.05, 3.63) is 131 Å². The fraction of sp³-hybridized carbons (Fsp3) is 0.0556. The zero-order valence-electron chi connectivity index (χ0n) is 26.8. The largest absolute Gasteiger partial charge is 0.497 e. The molecule has 5 aromatic heterocycles. The van der Waals surface area contributed by atoms with Crippen LogP contribution in [0.3, 0.4) is 0 Å². The number of nitrogens with one attached hydrogen (secondary N) is 2. The van der Waals surface area contributed by atoms with E-state index in [9.17, 15) is 8.78 Å². The Morgan fingerprint density at radius 2 is 1.25 bits per heavy atom. The van der Waals surface area contributed by atoms with Gasteiger partial charge < -0.3 is 20.1 Å². The van der Waals surface area contributed by atoms with Gasteiger partial charge in [0.15, 0.2) is 11.3 Å². The number of nitrogens with zero attached hydrogens (tertiary/aromatic N) is 6. The highest BCUT2D eigenvalue weighted by atomic mass is 35.5. The highest BCUT2D eigenvalue weighted by Gasteiger charge is 2.15. The van der Waals surface area contributed by atoms with E-state index in [1.54, 1.807) is 83.5 Å². The van der Waals surface area contributed by atoms with Gasteiger partial charge in [0.05, 0.1) is 47.8 Å². The molecule has 0 spiro atoms. The fourth-order valence-electron chi connectivity index (χ4n) is 5.14. The Morgan fingerprint density at radius 1 is 0.667 bits per heavy atom. The lowest BCUT2D eigenvalue weighted by atomic mass is 10.1. The van der Waals surface area contributed by atoms with Crippen LogP contribution in [-0.4, -0.2) is 43.4 Å². The van der Waals surface area contributed by atoms with Crippen LogP contribution in [0.2, 0.25) is 10.0 Å².